The number of nitro groups is 1. The average molecular weight is 327 g/mol. The van der Waals surface area contributed by atoms with Gasteiger partial charge in [-0.25, -0.2) is 4.98 Å². The third kappa shape index (κ3) is 3.59. The van der Waals surface area contributed by atoms with Gasteiger partial charge in [0.25, 0.3) is 11.6 Å². The topological polar surface area (TPSA) is 111 Å². The van der Waals surface area contributed by atoms with E-state index in [0.717, 1.165) is 6.07 Å². The highest BCUT2D eigenvalue weighted by atomic mass is 35.5. The normalized spacial score (nSPS) is 10.2. The van der Waals surface area contributed by atoms with Crippen LogP contribution < -0.4 is 11.1 Å². The van der Waals surface area contributed by atoms with E-state index >= 15 is 0 Å². The number of non-ortho nitro benzene ring substituents is 1. The summed E-state index contributed by atoms with van der Waals surface area (Å²) in [4.78, 5) is 25.9. The monoisotopic (exact) mass is 326 g/mol. The van der Waals surface area contributed by atoms with Gasteiger partial charge in [0.1, 0.15) is 11.0 Å². The van der Waals surface area contributed by atoms with Crippen LogP contribution in [0.2, 0.25) is 10.2 Å². The van der Waals surface area contributed by atoms with Gasteiger partial charge >= 0.3 is 0 Å². The third-order valence-electron chi connectivity index (χ3n) is 2.49. The van der Waals surface area contributed by atoms with Gasteiger partial charge in [0, 0.05) is 17.7 Å². The van der Waals surface area contributed by atoms with E-state index in [0.29, 0.717) is 0 Å². The van der Waals surface area contributed by atoms with Crippen molar-refractivity contribution in [3.8, 4) is 0 Å². The highest BCUT2D eigenvalue weighted by molar-refractivity contribution is 6.34. The molecular weight excluding hydrogens is 319 g/mol. The van der Waals surface area contributed by atoms with Crippen LogP contribution in [0.1, 0.15) is 10.4 Å². The Labute approximate surface area is 128 Å². The molecule has 0 aliphatic carbocycles. The first-order chi connectivity index (χ1) is 9.86. The van der Waals surface area contributed by atoms with Crippen molar-refractivity contribution in [2.75, 3.05) is 11.1 Å². The number of rotatable bonds is 3. The van der Waals surface area contributed by atoms with E-state index in [9.17, 15) is 14.9 Å². The molecule has 0 atom stereocenters. The summed E-state index contributed by atoms with van der Waals surface area (Å²) in [6.45, 7) is 0. The van der Waals surface area contributed by atoms with Gasteiger partial charge in [-0.2, -0.15) is 0 Å². The number of nitrogens with one attached hydrogen (secondary N) is 1. The minimum atomic E-state index is -0.590. The molecule has 0 spiro atoms. The van der Waals surface area contributed by atoms with E-state index < -0.39 is 10.8 Å². The Kier molecular flexibility index (Phi) is 4.25. The number of carbonyl (C=O) groups excluding carboxylic acids is 1. The predicted molar refractivity (Wildman–Crippen MR) is 79.7 cm³/mol. The molecule has 21 heavy (non-hydrogen) atoms. The number of benzene rings is 1. The van der Waals surface area contributed by atoms with E-state index in [1.165, 1.54) is 24.3 Å². The fraction of sp³-hybridized carbons (Fsp3) is 0. The number of nitrogen functional groups attached to an aromatic ring is 1. The maximum absolute atomic E-state index is 12.1. The summed E-state index contributed by atoms with van der Waals surface area (Å²) in [7, 11) is 0. The van der Waals surface area contributed by atoms with E-state index in [-0.39, 0.29) is 32.9 Å². The third-order valence-corrected chi connectivity index (χ3v) is 3.01. The minimum Gasteiger partial charge on any atom is -0.384 e. The fourth-order valence-corrected chi connectivity index (χ4v) is 1.95. The quantitative estimate of drug-likeness (QED) is 0.511. The predicted octanol–water partition coefficient (Wildman–Crippen LogP) is 3.13. The van der Waals surface area contributed by atoms with Crippen LogP contribution in [0.25, 0.3) is 0 Å². The molecule has 0 saturated heterocycles. The number of anilines is 2. The maximum atomic E-state index is 12.1. The SMILES string of the molecule is Nc1cc(C(=O)Nc2cc([N+](=O)[O-])ccc2Cl)cc(Cl)n1. The van der Waals surface area contributed by atoms with Crippen molar-refractivity contribution >= 4 is 46.3 Å². The van der Waals surface area contributed by atoms with Crippen molar-refractivity contribution in [3.05, 3.63) is 56.2 Å². The lowest BCUT2D eigenvalue weighted by Gasteiger charge is -2.08. The van der Waals surface area contributed by atoms with Crippen LogP contribution in [0.3, 0.4) is 0 Å². The Morgan fingerprint density at radius 2 is 2.00 bits per heavy atom. The van der Waals surface area contributed by atoms with Crippen LogP contribution in [-0.4, -0.2) is 15.8 Å². The molecule has 2 aromatic rings. The van der Waals surface area contributed by atoms with Crippen LogP contribution in [0.15, 0.2) is 30.3 Å². The van der Waals surface area contributed by atoms with E-state index in [2.05, 4.69) is 10.3 Å². The first-order valence-electron chi connectivity index (χ1n) is 5.55. The number of aromatic nitrogens is 1. The highest BCUT2D eigenvalue weighted by Crippen LogP contribution is 2.27. The highest BCUT2D eigenvalue weighted by Gasteiger charge is 2.14. The van der Waals surface area contributed by atoms with Crippen LogP contribution in [0, 0.1) is 10.1 Å². The number of nitrogens with zero attached hydrogens (tertiary/aromatic N) is 2. The second-order valence-electron chi connectivity index (χ2n) is 3.98. The molecule has 0 bridgehead atoms. The summed E-state index contributed by atoms with van der Waals surface area (Å²) in [5.74, 6) is -0.480. The molecule has 108 valence electrons. The van der Waals surface area contributed by atoms with E-state index in [1.54, 1.807) is 0 Å². The summed E-state index contributed by atoms with van der Waals surface area (Å²) >= 11 is 11.6. The van der Waals surface area contributed by atoms with Crippen molar-refractivity contribution in [1.82, 2.24) is 4.98 Å². The standard InChI is InChI=1S/C12H8Cl2N4O3/c13-8-2-1-7(18(20)21)5-9(8)16-12(19)6-3-10(14)17-11(15)4-6/h1-5H,(H2,15,17)(H,16,19). The molecule has 0 unspecified atom stereocenters. The number of pyridine rings is 1. The van der Waals surface area contributed by atoms with Crippen molar-refractivity contribution < 1.29 is 9.72 Å². The molecule has 0 saturated carbocycles. The molecule has 1 heterocycles. The average Bonchev–Trinajstić information content (AvgIpc) is 2.39. The molecule has 9 heteroatoms. The minimum absolute atomic E-state index is 0.0605. The van der Waals surface area contributed by atoms with Crippen LogP contribution >= 0.6 is 23.2 Å². The molecule has 0 fully saturated rings. The number of carbonyl (C=O) groups is 1. The number of nitro benzene ring substituents is 1. The van der Waals surface area contributed by atoms with Crippen molar-refractivity contribution in [1.29, 1.82) is 0 Å². The summed E-state index contributed by atoms with van der Waals surface area (Å²) in [6.07, 6.45) is 0. The second-order valence-corrected chi connectivity index (χ2v) is 4.77. The Hall–Kier alpha value is -2.38. The van der Waals surface area contributed by atoms with Gasteiger partial charge in [0.15, 0.2) is 0 Å². The van der Waals surface area contributed by atoms with E-state index in [4.69, 9.17) is 28.9 Å². The van der Waals surface area contributed by atoms with Crippen LogP contribution in [0.4, 0.5) is 17.2 Å². The molecule has 3 N–H and O–H groups in total. The molecular formula is C12H8Cl2N4O3. The zero-order valence-electron chi connectivity index (χ0n) is 10.3. The number of nitrogens with two attached hydrogens (primary N) is 1. The van der Waals surface area contributed by atoms with Gasteiger partial charge in [0.05, 0.1) is 15.6 Å². The first-order valence-corrected chi connectivity index (χ1v) is 6.31. The number of hydrogen-bond donors (Lipinski definition) is 2. The second kappa shape index (κ2) is 5.94. The summed E-state index contributed by atoms with van der Waals surface area (Å²) in [5.41, 5.74) is 5.58. The Morgan fingerprint density at radius 3 is 2.62 bits per heavy atom. The maximum Gasteiger partial charge on any atom is 0.271 e. The number of amides is 1. The van der Waals surface area contributed by atoms with Gasteiger partial charge in [-0.15, -0.1) is 0 Å². The van der Waals surface area contributed by atoms with E-state index in [1.807, 2.05) is 0 Å². The lowest BCUT2D eigenvalue weighted by Crippen LogP contribution is -2.13. The summed E-state index contributed by atoms with van der Waals surface area (Å²) < 4.78 is 0. The van der Waals surface area contributed by atoms with Crippen molar-refractivity contribution in [3.63, 3.8) is 0 Å². The van der Waals surface area contributed by atoms with Gasteiger partial charge in [-0.1, -0.05) is 23.2 Å². The Bertz CT molecular complexity index is 716. The largest absolute Gasteiger partial charge is 0.384 e. The molecule has 0 radical (unpaired) electrons. The molecule has 1 aromatic carbocycles. The fourth-order valence-electron chi connectivity index (χ4n) is 1.57. The zero-order valence-corrected chi connectivity index (χ0v) is 11.9. The van der Waals surface area contributed by atoms with Gasteiger partial charge in [-0.05, 0) is 18.2 Å². The van der Waals surface area contributed by atoms with Gasteiger partial charge in [0.2, 0.25) is 0 Å². The summed E-state index contributed by atoms with van der Waals surface area (Å²) in [6, 6.07) is 6.36. The van der Waals surface area contributed by atoms with Crippen LogP contribution in [-0.2, 0) is 0 Å². The smallest absolute Gasteiger partial charge is 0.271 e. The lowest BCUT2D eigenvalue weighted by atomic mass is 10.2. The lowest BCUT2D eigenvalue weighted by molar-refractivity contribution is -0.384. The first kappa shape index (κ1) is 15.0. The molecule has 1 amide bonds. The van der Waals surface area contributed by atoms with Gasteiger partial charge in [-0.3, -0.25) is 14.9 Å². The molecule has 7 nitrogen and oxygen atoms in total. The molecule has 0 aliphatic heterocycles. The zero-order chi connectivity index (χ0) is 15.6. The molecule has 1 aromatic heterocycles. The van der Waals surface area contributed by atoms with Crippen LogP contribution in [0.5, 0.6) is 0 Å². The Balaban J connectivity index is 2.31. The summed E-state index contributed by atoms with van der Waals surface area (Å²) in [5, 5.41) is 13.4. The molecule has 2 rings (SSSR count). The number of halogens is 2. The van der Waals surface area contributed by atoms with Crippen molar-refractivity contribution in [2.24, 2.45) is 0 Å². The van der Waals surface area contributed by atoms with Crippen molar-refractivity contribution in [2.45, 2.75) is 0 Å². The molecule has 0 aliphatic rings. The Morgan fingerprint density at radius 1 is 1.29 bits per heavy atom. The number of hydrogen-bond acceptors (Lipinski definition) is 5. The van der Waals surface area contributed by atoms with Gasteiger partial charge < -0.3 is 11.1 Å².